The molecule has 7 heteroatoms. The maximum absolute atomic E-state index is 12.5. The van der Waals surface area contributed by atoms with Crippen LogP contribution >= 0.6 is 11.8 Å². The Bertz CT molecular complexity index is 888. The average molecular weight is 443 g/mol. The number of hydrogen-bond acceptors (Lipinski definition) is 5. The van der Waals surface area contributed by atoms with Crippen molar-refractivity contribution in [3.05, 3.63) is 47.8 Å². The number of aryl methyl sites for hydroxylation is 1. The van der Waals surface area contributed by atoms with Gasteiger partial charge in [0.15, 0.2) is 17.1 Å². The molecule has 0 aliphatic heterocycles. The lowest BCUT2D eigenvalue weighted by Crippen LogP contribution is -2.35. The zero-order valence-corrected chi connectivity index (χ0v) is 19.7. The predicted octanol–water partition coefficient (Wildman–Crippen LogP) is 5.15. The molecular formula is C24H34N4O2S. The predicted molar refractivity (Wildman–Crippen MR) is 126 cm³/mol. The van der Waals surface area contributed by atoms with E-state index in [1.54, 1.807) is 0 Å². The van der Waals surface area contributed by atoms with Crippen molar-refractivity contribution in [2.75, 3.05) is 5.75 Å². The van der Waals surface area contributed by atoms with Gasteiger partial charge in [-0.05, 0) is 50.8 Å². The number of benzene rings is 1. The molecule has 168 valence electrons. The van der Waals surface area contributed by atoms with E-state index in [4.69, 9.17) is 4.74 Å². The molecule has 1 saturated carbocycles. The van der Waals surface area contributed by atoms with Crippen molar-refractivity contribution in [2.24, 2.45) is 0 Å². The summed E-state index contributed by atoms with van der Waals surface area (Å²) >= 11 is 1.41. The number of carbonyl (C=O) groups is 1. The topological polar surface area (TPSA) is 69.0 Å². The van der Waals surface area contributed by atoms with Crippen LogP contribution in [0.25, 0.3) is 0 Å². The quantitative estimate of drug-likeness (QED) is 0.330. The van der Waals surface area contributed by atoms with Gasteiger partial charge < -0.3 is 10.1 Å². The molecule has 0 saturated heterocycles. The van der Waals surface area contributed by atoms with Gasteiger partial charge in [0.25, 0.3) is 0 Å². The highest BCUT2D eigenvalue weighted by Gasteiger charge is 2.21. The van der Waals surface area contributed by atoms with Crippen LogP contribution in [0.5, 0.6) is 5.75 Å². The minimum Gasteiger partial charge on any atom is -0.482 e. The molecule has 31 heavy (non-hydrogen) atoms. The van der Waals surface area contributed by atoms with Crippen LogP contribution in [-0.4, -0.2) is 32.5 Å². The number of aromatic nitrogens is 3. The van der Waals surface area contributed by atoms with Crippen molar-refractivity contribution in [3.8, 4) is 5.75 Å². The first-order chi connectivity index (χ1) is 15.0. The molecule has 1 unspecified atom stereocenters. The number of carbonyl (C=O) groups excluding carboxylic acids is 1. The number of thioether (sulfide) groups is 1. The van der Waals surface area contributed by atoms with Crippen LogP contribution in [0.4, 0.5) is 0 Å². The van der Waals surface area contributed by atoms with Crippen LogP contribution in [0.1, 0.15) is 68.5 Å². The Kier molecular flexibility index (Phi) is 8.58. The van der Waals surface area contributed by atoms with E-state index in [-0.39, 0.29) is 12.0 Å². The molecule has 0 bridgehead atoms. The summed E-state index contributed by atoms with van der Waals surface area (Å²) in [6, 6.07) is 6.35. The average Bonchev–Trinajstić information content (AvgIpc) is 2.96. The molecule has 1 aliphatic rings. The lowest BCUT2D eigenvalue weighted by atomic mass is 10.1. The summed E-state index contributed by atoms with van der Waals surface area (Å²) in [7, 11) is 0. The van der Waals surface area contributed by atoms with Crippen LogP contribution in [-0.2, 0) is 11.3 Å². The second-order valence-electron chi connectivity index (χ2n) is 8.24. The first-order valence-corrected chi connectivity index (χ1v) is 12.2. The normalized spacial score (nSPS) is 15.8. The van der Waals surface area contributed by atoms with Gasteiger partial charge in [0, 0.05) is 12.6 Å². The molecule has 1 amide bonds. The van der Waals surface area contributed by atoms with Crippen LogP contribution in [0.15, 0.2) is 36.0 Å². The lowest BCUT2D eigenvalue weighted by molar-refractivity contribution is -0.119. The van der Waals surface area contributed by atoms with E-state index in [1.807, 2.05) is 29.7 Å². The summed E-state index contributed by atoms with van der Waals surface area (Å²) in [5.74, 6) is 1.97. The van der Waals surface area contributed by atoms with E-state index in [0.717, 1.165) is 30.0 Å². The third kappa shape index (κ3) is 6.35. The Morgan fingerprint density at radius 2 is 2.03 bits per heavy atom. The minimum atomic E-state index is -0.276. The molecule has 1 aromatic heterocycles. The fourth-order valence-corrected chi connectivity index (χ4v) is 4.69. The summed E-state index contributed by atoms with van der Waals surface area (Å²) in [5.41, 5.74) is 2.31. The molecular weight excluding hydrogens is 408 g/mol. The number of rotatable bonds is 9. The number of amides is 1. The van der Waals surface area contributed by atoms with Crippen molar-refractivity contribution in [3.63, 3.8) is 0 Å². The van der Waals surface area contributed by atoms with Gasteiger partial charge >= 0.3 is 0 Å². The smallest absolute Gasteiger partial charge is 0.230 e. The van der Waals surface area contributed by atoms with Gasteiger partial charge in [-0.15, -0.1) is 16.8 Å². The summed E-state index contributed by atoms with van der Waals surface area (Å²) in [4.78, 5) is 12.5. The van der Waals surface area contributed by atoms with Gasteiger partial charge in [0.05, 0.1) is 5.75 Å². The van der Waals surface area contributed by atoms with Gasteiger partial charge in [0.2, 0.25) is 5.91 Å². The van der Waals surface area contributed by atoms with Crippen LogP contribution in [0.2, 0.25) is 0 Å². The molecule has 1 aromatic carbocycles. The molecule has 1 fully saturated rings. The van der Waals surface area contributed by atoms with Crippen molar-refractivity contribution < 1.29 is 9.53 Å². The first kappa shape index (κ1) is 23.4. The maximum Gasteiger partial charge on any atom is 0.230 e. The number of nitrogens with zero attached hydrogens (tertiary/aromatic N) is 3. The Labute approximate surface area is 189 Å². The summed E-state index contributed by atoms with van der Waals surface area (Å²) in [6.45, 7) is 10.5. The van der Waals surface area contributed by atoms with E-state index in [2.05, 4.69) is 42.0 Å². The van der Waals surface area contributed by atoms with Crippen molar-refractivity contribution in [1.82, 2.24) is 20.1 Å². The van der Waals surface area contributed by atoms with Gasteiger partial charge in [0.1, 0.15) is 5.75 Å². The van der Waals surface area contributed by atoms with Gasteiger partial charge in [-0.3, -0.25) is 9.36 Å². The molecule has 2 aromatic rings. The molecule has 0 radical (unpaired) electrons. The van der Waals surface area contributed by atoms with E-state index in [1.165, 1.54) is 43.0 Å². The highest BCUT2D eigenvalue weighted by atomic mass is 32.2. The van der Waals surface area contributed by atoms with Crippen molar-refractivity contribution in [1.29, 1.82) is 0 Å². The molecule has 1 aliphatic carbocycles. The fraction of sp³-hybridized carbons (Fsp3) is 0.542. The minimum absolute atomic E-state index is 0.0614. The Morgan fingerprint density at radius 1 is 1.29 bits per heavy atom. The SMILES string of the molecule is C=CCn1c(SCC(=O)NC2CCCCCC2)nnc1C(C)Oc1cccc(C)c1C. The van der Waals surface area contributed by atoms with E-state index in [9.17, 15) is 4.79 Å². The van der Waals surface area contributed by atoms with E-state index >= 15 is 0 Å². The van der Waals surface area contributed by atoms with E-state index in [0.29, 0.717) is 23.5 Å². The third-order valence-electron chi connectivity index (χ3n) is 5.83. The zero-order valence-electron chi connectivity index (χ0n) is 18.9. The van der Waals surface area contributed by atoms with Gasteiger partial charge in [-0.2, -0.15) is 0 Å². The zero-order chi connectivity index (χ0) is 22.2. The van der Waals surface area contributed by atoms with Crippen LogP contribution < -0.4 is 10.1 Å². The molecule has 0 spiro atoms. The number of nitrogens with one attached hydrogen (secondary N) is 1. The highest BCUT2D eigenvalue weighted by molar-refractivity contribution is 7.99. The number of hydrogen-bond donors (Lipinski definition) is 1. The Balaban J connectivity index is 1.64. The largest absolute Gasteiger partial charge is 0.482 e. The number of ether oxygens (including phenoxy) is 1. The van der Waals surface area contributed by atoms with Crippen LogP contribution in [0, 0.1) is 13.8 Å². The standard InChI is InChI=1S/C24H34N4O2S/c1-5-15-28-23(19(4)30-21-14-10-11-17(2)18(21)3)26-27-24(28)31-16-22(29)25-20-12-8-6-7-9-13-20/h5,10-11,14,19-20H,1,6-9,12-13,15-16H2,2-4H3,(H,25,29). The summed E-state index contributed by atoms with van der Waals surface area (Å²) < 4.78 is 8.18. The Hall–Kier alpha value is -2.28. The van der Waals surface area contributed by atoms with Crippen molar-refractivity contribution >= 4 is 17.7 Å². The summed E-state index contributed by atoms with van der Waals surface area (Å²) in [5, 5.41) is 12.6. The third-order valence-corrected chi connectivity index (χ3v) is 6.80. The monoisotopic (exact) mass is 442 g/mol. The Morgan fingerprint density at radius 3 is 2.74 bits per heavy atom. The van der Waals surface area contributed by atoms with Crippen molar-refractivity contribution in [2.45, 2.75) is 83.1 Å². The molecule has 1 N–H and O–H groups in total. The second kappa shape index (κ2) is 11.4. The number of allylic oxidation sites excluding steroid dienone is 1. The van der Waals surface area contributed by atoms with E-state index < -0.39 is 0 Å². The molecule has 1 atom stereocenters. The van der Waals surface area contributed by atoms with Gasteiger partial charge in [-0.1, -0.05) is 55.7 Å². The van der Waals surface area contributed by atoms with Gasteiger partial charge in [-0.25, -0.2) is 0 Å². The maximum atomic E-state index is 12.5. The van der Waals surface area contributed by atoms with Crippen LogP contribution in [0.3, 0.4) is 0 Å². The fourth-order valence-electron chi connectivity index (χ4n) is 3.93. The highest BCUT2D eigenvalue weighted by Crippen LogP contribution is 2.28. The summed E-state index contributed by atoms with van der Waals surface area (Å²) in [6.07, 6.45) is 8.66. The first-order valence-electron chi connectivity index (χ1n) is 11.2. The molecule has 3 rings (SSSR count). The lowest BCUT2D eigenvalue weighted by Gasteiger charge is -2.18. The second-order valence-corrected chi connectivity index (χ2v) is 9.19. The molecule has 6 nitrogen and oxygen atoms in total. The molecule has 1 heterocycles.